The topological polar surface area (TPSA) is 46.6 Å². The molecule has 1 aliphatic rings. The fourth-order valence-corrected chi connectivity index (χ4v) is 1.86. The molecule has 4 nitrogen and oxygen atoms in total. The van der Waals surface area contributed by atoms with E-state index in [2.05, 4.69) is 4.74 Å². The highest BCUT2D eigenvalue weighted by Crippen LogP contribution is 2.18. The van der Waals surface area contributed by atoms with Gasteiger partial charge in [0.25, 0.3) is 0 Å². The summed E-state index contributed by atoms with van der Waals surface area (Å²) in [6.07, 6.45) is 1.87. The molecule has 0 aliphatic carbocycles. The maximum atomic E-state index is 11.6. The zero-order valence-corrected chi connectivity index (χ0v) is 9.63. The molecule has 1 rings (SSSR count). The summed E-state index contributed by atoms with van der Waals surface area (Å²) in [5.74, 6) is 0.222. The lowest BCUT2D eigenvalue weighted by Crippen LogP contribution is -2.30. The van der Waals surface area contributed by atoms with Gasteiger partial charge in [-0.3, -0.25) is 9.59 Å². The lowest BCUT2D eigenvalue weighted by Gasteiger charge is -2.15. The first-order valence-corrected chi connectivity index (χ1v) is 5.64. The van der Waals surface area contributed by atoms with E-state index in [1.807, 2.05) is 0 Å². The van der Waals surface area contributed by atoms with Crippen LogP contribution < -0.4 is 0 Å². The molecule has 5 heteroatoms. The molecule has 1 atom stereocenters. The Morgan fingerprint density at radius 1 is 1.53 bits per heavy atom. The van der Waals surface area contributed by atoms with Gasteiger partial charge in [-0.2, -0.15) is 0 Å². The zero-order chi connectivity index (χ0) is 11.3. The summed E-state index contributed by atoms with van der Waals surface area (Å²) in [5.41, 5.74) is 0. The van der Waals surface area contributed by atoms with Gasteiger partial charge in [0.1, 0.15) is 0 Å². The maximum Gasteiger partial charge on any atom is 0.310 e. The minimum Gasteiger partial charge on any atom is -0.469 e. The number of likely N-dealkylation sites (tertiary alicyclic amines) is 1. The van der Waals surface area contributed by atoms with E-state index in [0.29, 0.717) is 38.2 Å². The fourth-order valence-electron chi connectivity index (χ4n) is 1.72. The molecule has 86 valence electrons. The van der Waals surface area contributed by atoms with E-state index in [1.165, 1.54) is 7.11 Å². The van der Waals surface area contributed by atoms with Crippen molar-refractivity contribution in [1.29, 1.82) is 0 Å². The third kappa shape index (κ3) is 3.38. The van der Waals surface area contributed by atoms with Gasteiger partial charge in [-0.1, -0.05) is 0 Å². The summed E-state index contributed by atoms with van der Waals surface area (Å²) in [6.45, 7) is 1.15. The SMILES string of the molecule is COC(=O)C1CCN(C(=O)CCCCl)C1. The Morgan fingerprint density at radius 2 is 2.27 bits per heavy atom. The summed E-state index contributed by atoms with van der Waals surface area (Å²) >= 11 is 5.51. The summed E-state index contributed by atoms with van der Waals surface area (Å²) in [6, 6.07) is 0. The average Bonchev–Trinajstić information content (AvgIpc) is 2.74. The van der Waals surface area contributed by atoms with Gasteiger partial charge in [-0.25, -0.2) is 0 Å². The van der Waals surface area contributed by atoms with Crippen molar-refractivity contribution in [2.75, 3.05) is 26.1 Å². The van der Waals surface area contributed by atoms with Crippen LogP contribution >= 0.6 is 11.6 Å². The molecule has 1 unspecified atom stereocenters. The Morgan fingerprint density at radius 3 is 2.87 bits per heavy atom. The van der Waals surface area contributed by atoms with Crippen molar-refractivity contribution in [3.8, 4) is 0 Å². The highest BCUT2D eigenvalue weighted by molar-refractivity contribution is 6.17. The number of carbonyl (C=O) groups excluding carboxylic acids is 2. The number of methoxy groups -OCH3 is 1. The predicted octanol–water partition coefficient (Wildman–Crippen LogP) is 1.03. The van der Waals surface area contributed by atoms with Crippen LogP contribution in [0.2, 0.25) is 0 Å². The van der Waals surface area contributed by atoms with Crippen LogP contribution in [-0.2, 0) is 14.3 Å². The molecule has 0 spiro atoms. The third-order valence-corrected chi connectivity index (χ3v) is 2.87. The van der Waals surface area contributed by atoms with Gasteiger partial charge in [-0.15, -0.1) is 11.6 Å². The minimum absolute atomic E-state index is 0.0852. The number of ether oxygens (including phenoxy) is 1. The summed E-state index contributed by atoms with van der Waals surface area (Å²) in [5, 5.41) is 0. The first-order chi connectivity index (χ1) is 7.19. The lowest BCUT2D eigenvalue weighted by molar-refractivity contribution is -0.145. The second-order valence-corrected chi connectivity index (χ2v) is 4.02. The molecule has 1 heterocycles. The molecule has 1 saturated heterocycles. The molecule has 1 amide bonds. The van der Waals surface area contributed by atoms with E-state index in [4.69, 9.17) is 11.6 Å². The summed E-state index contributed by atoms with van der Waals surface area (Å²) in [7, 11) is 1.38. The van der Waals surface area contributed by atoms with Crippen LogP contribution in [-0.4, -0.2) is 42.9 Å². The van der Waals surface area contributed by atoms with Crippen molar-refractivity contribution >= 4 is 23.5 Å². The largest absolute Gasteiger partial charge is 0.469 e. The third-order valence-electron chi connectivity index (χ3n) is 2.60. The summed E-state index contributed by atoms with van der Waals surface area (Å²) < 4.78 is 4.65. The Balaban J connectivity index is 2.35. The van der Waals surface area contributed by atoms with E-state index < -0.39 is 0 Å². The van der Waals surface area contributed by atoms with Gasteiger partial charge in [0.15, 0.2) is 0 Å². The normalized spacial score (nSPS) is 20.4. The van der Waals surface area contributed by atoms with Gasteiger partial charge in [0, 0.05) is 25.4 Å². The lowest BCUT2D eigenvalue weighted by atomic mass is 10.1. The van der Waals surface area contributed by atoms with E-state index >= 15 is 0 Å². The molecule has 0 aromatic rings. The monoisotopic (exact) mass is 233 g/mol. The van der Waals surface area contributed by atoms with Gasteiger partial charge in [0.2, 0.25) is 5.91 Å². The van der Waals surface area contributed by atoms with Crippen molar-refractivity contribution in [3.63, 3.8) is 0 Å². The standard InChI is InChI=1S/C10H16ClNO3/c1-15-10(14)8-4-6-12(7-8)9(13)3-2-5-11/h8H,2-7H2,1H3. The van der Waals surface area contributed by atoms with Crippen LogP contribution in [0.3, 0.4) is 0 Å². The van der Waals surface area contributed by atoms with Crippen LogP contribution in [0.4, 0.5) is 0 Å². The predicted molar refractivity (Wildman–Crippen MR) is 56.7 cm³/mol. The minimum atomic E-state index is -0.220. The van der Waals surface area contributed by atoms with Crippen molar-refractivity contribution < 1.29 is 14.3 Å². The van der Waals surface area contributed by atoms with Crippen LogP contribution in [0.25, 0.3) is 0 Å². The number of carbonyl (C=O) groups is 2. The Bertz CT molecular complexity index is 245. The Hall–Kier alpha value is -0.770. The number of esters is 1. The van der Waals surface area contributed by atoms with Crippen molar-refractivity contribution in [2.24, 2.45) is 5.92 Å². The Kier molecular flexibility index (Phi) is 4.88. The number of amides is 1. The van der Waals surface area contributed by atoms with Crippen molar-refractivity contribution in [1.82, 2.24) is 4.90 Å². The fraction of sp³-hybridized carbons (Fsp3) is 0.800. The van der Waals surface area contributed by atoms with Gasteiger partial charge in [0.05, 0.1) is 13.0 Å². The van der Waals surface area contributed by atoms with Crippen molar-refractivity contribution in [3.05, 3.63) is 0 Å². The molecule has 0 aromatic heterocycles. The highest BCUT2D eigenvalue weighted by Gasteiger charge is 2.31. The smallest absolute Gasteiger partial charge is 0.310 e. The van der Waals surface area contributed by atoms with Crippen LogP contribution in [0.1, 0.15) is 19.3 Å². The first kappa shape index (κ1) is 12.3. The second kappa shape index (κ2) is 5.95. The molecule has 0 aromatic carbocycles. The first-order valence-electron chi connectivity index (χ1n) is 5.10. The van der Waals surface area contributed by atoms with Crippen LogP contribution in [0.5, 0.6) is 0 Å². The van der Waals surface area contributed by atoms with E-state index in [9.17, 15) is 9.59 Å². The number of rotatable bonds is 4. The van der Waals surface area contributed by atoms with Gasteiger partial charge in [-0.05, 0) is 12.8 Å². The maximum absolute atomic E-state index is 11.6. The molecule has 0 radical (unpaired) electrons. The molecule has 0 saturated carbocycles. The molecule has 1 fully saturated rings. The highest BCUT2D eigenvalue weighted by atomic mass is 35.5. The molecule has 0 N–H and O–H groups in total. The molecule has 15 heavy (non-hydrogen) atoms. The zero-order valence-electron chi connectivity index (χ0n) is 8.87. The number of nitrogens with zero attached hydrogens (tertiary/aromatic N) is 1. The Labute approximate surface area is 94.5 Å². The number of hydrogen-bond donors (Lipinski definition) is 0. The number of halogens is 1. The van der Waals surface area contributed by atoms with Crippen molar-refractivity contribution in [2.45, 2.75) is 19.3 Å². The quantitative estimate of drug-likeness (QED) is 0.538. The van der Waals surface area contributed by atoms with Gasteiger partial charge >= 0.3 is 5.97 Å². The molecular formula is C10H16ClNO3. The van der Waals surface area contributed by atoms with E-state index in [-0.39, 0.29) is 17.8 Å². The molecule has 1 aliphatic heterocycles. The van der Waals surface area contributed by atoms with Crippen LogP contribution in [0, 0.1) is 5.92 Å². The van der Waals surface area contributed by atoms with E-state index in [1.54, 1.807) is 4.90 Å². The van der Waals surface area contributed by atoms with Gasteiger partial charge < -0.3 is 9.64 Å². The molecule has 0 bridgehead atoms. The van der Waals surface area contributed by atoms with E-state index in [0.717, 1.165) is 0 Å². The van der Waals surface area contributed by atoms with Crippen LogP contribution in [0.15, 0.2) is 0 Å². The average molecular weight is 234 g/mol. The molecular weight excluding hydrogens is 218 g/mol. The number of hydrogen-bond acceptors (Lipinski definition) is 3. The number of alkyl halides is 1. The summed E-state index contributed by atoms with van der Waals surface area (Å²) in [4.78, 5) is 24.5. The second-order valence-electron chi connectivity index (χ2n) is 3.64.